The fraction of sp³-hybridized carbons (Fsp3) is 0.467. The van der Waals surface area contributed by atoms with Gasteiger partial charge in [-0.1, -0.05) is 60.7 Å². The van der Waals surface area contributed by atoms with E-state index in [-0.39, 0.29) is 22.9 Å². The second-order valence-electron chi connectivity index (χ2n) is 11.0. The predicted octanol–water partition coefficient (Wildman–Crippen LogP) is 5.82. The highest BCUT2D eigenvalue weighted by Crippen LogP contribution is 2.61. The Morgan fingerprint density at radius 1 is 0.971 bits per heavy atom. The van der Waals surface area contributed by atoms with Gasteiger partial charge in [0.05, 0.1) is 0 Å². The topological polar surface area (TPSA) is 56.1 Å². The van der Waals surface area contributed by atoms with Gasteiger partial charge in [0.25, 0.3) is 5.91 Å². The summed E-state index contributed by atoms with van der Waals surface area (Å²) in [5.74, 6) is 2.27. The summed E-state index contributed by atoms with van der Waals surface area (Å²) in [4.78, 5) is 15.4. The molecule has 0 radical (unpaired) electrons. The van der Waals surface area contributed by atoms with E-state index in [4.69, 9.17) is 0 Å². The Kier molecular flexibility index (Phi) is 6.46. The van der Waals surface area contributed by atoms with E-state index in [1.165, 1.54) is 38.5 Å². The molecule has 0 aromatic heterocycles. The molecule has 0 saturated heterocycles. The van der Waals surface area contributed by atoms with Crippen molar-refractivity contribution in [3.05, 3.63) is 83.6 Å². The molecule has 4 aliphatic rings. The van der Waals surface area contributed by atoms with Gasteiger partial charge in [0, 0.05) is 25.3 Å². The lowest BCUT2D eigenvalue weighted by atomic mass is 9.48. The molecule has 6 rings (SSSR count). The van der Waals surface area contributed by atoms with Crippen molar-refractivity contribution in [3.8, 4) is 6.07 Å². The number of nitrogens with one attached hydrogen (secondary N) is 1. The highest BCUT2D eigenvalue weighted by atomic mass is 16.1. The van der Waals surface area contributed by atoms with Crippen LogP contribution in [0.5, 0.6) is 0 Å². The van der Waals surface area contributed by atoms with E-state index in [1.807, 2.05) is 36.4 Å². The summed E-state index contributed by atoms with van der Waals surface area (Å²) in [5, 5.41) is 13.2. The molecule has 4 heteroatoms. The summed E-state index contributed by atoms with van der Waals surface area (Å²) >= 11 is 0. The minimum absolute atomic E-state index is 0.0989. The highest BCUT2D eigenvalue weighted by molar-refractivity contribution is 5.97. The molecule has 176 valence electrons. The molecule has 2 aromatic rings. The molecule has 1 N–H and O–H groups in total. The lowest BCUT2D eigenvalue weighted by molar-refractivity contribution is -0.122. The van der Waals surface area contributed by atoms with E-state index in [1.54, 1.807) is 6.20 Å². The lowest BCUT2D eigenvalue weighted by Crippen LogP contribution is -2.56. The fourth-order valence-electron chi connectivity index (χ4n) is 7.24. The van der Waals surface area contributed by atoms with Crippen LogP contribution in [-0.4, -0.2) is 16.8 Å². The summed E-state index contributed by atoms with van der Waals surface area (Å²) in [6, 6.07) is 22.7. The molecule has 2 aromatic carbocycles. The van der Waals surface area contributed by atoms with Crippen molar-refractivity contribution in [1.82, 2.24) is 10.2 Å². The van der Waals surface area contributed by atoms with Crippen LogP contribution in [0, 0.1) is 34.5 Å². The molecular formula is C30H35N3O. The number of amides is 1. The van der Waals surface area contributed by atoms with Crippen molar-refractivity contribution in [1.29, 1.82) is 5.26 Å². The zero-order valence-electron chi connectivity index (χ0n) is 20.1. The van der Waals surface area contributed by atoms with Gasteiger partial charge in [-0.25, -0.2) is 0 Å². The minimum atomic E-state index is -0.239. The third-order valence-corrected chi connectivity index (χ3v) is 8.49. The van der Waals surface area contributed by atoms with Crippen LogP contribution in [-0.2, 0) is 17.9 Å². The average Bonchev–Trinajstić information content (AvgIpc) is 2.82. The molecule has 0 spiro atoms. The predicted molar refractivity (Wildman–Crippen MR) is 134 cm³/mol. The van der Waals surface area contributed by atoms with Crippen LogP contribution in [0.1, 0.15) is 56.6 Å². The normalized spacial score (nSPS) is 28.2. The van der Waals surface area contributed by atoms with Crippen LogP contribution in [0.2, 0.25) is 0 Å². The second-order valence-corrected chi connectivity index (χ2v) is 11.0. The number of carbonyl (C=O) groups excluding carboxylic acids is 1. The van der Waals surface area contributed by atoms with Gasteiger partial charge in [-0.3, -0.25) is 4.79 Å². The number of hydrogen-bond acceptors (Lipinski definition) is 3. The SMILES string of the molecule is CC(NC(=O)/C(C#N)=C\N(Cc1ccccc1)Cc1ccccc1)C12CC3CC(CC(C3)C1)C2. The molecule has 0 aliphatic heterocycles. The number of hydrogen-bond donors (Lipinski definition) is 1. The van der Waals surface area contributed by atoms with Crippen molar-refractivity contribution in [2.24, 2.45) is 23.2 Å². The molecule has 4 fully saturated rings. The zero-order chi connectivity index (χ0) is 23.5. The van der Waals surface area contributed by atoms with Crippen LogP contribution < -0.4 is 5.32 Å². The van der Waals surface area contributed by atoms with Crippen LogP contribution in [0.15, 0.2) is 72.4 Å². The molecular weight excluding hydrogens is 418 g/mol. The van der Waals surface area contributed by atoms with Crippen LogP contribution in [0.25, 0.3) is 0 Å². The van der Waals surface area contributed by atoms with Crippen molar-refractivity contribution < 1.29 is 4.79 Å². The number of rotatable bonds is 8. The Bertz CT molecular complexity index is 992. The van der Waals surface area contributed by atoms with Crippen LogP contribution in [0.3, 0.4) is 0 Å². The van der Waals surface area contributed by atoms with Gasteiger partial charge in [0.2, 0.25) is 0 Å². The number of nitrogens with zero attached hydrogens (tertiary/aromatic N) is 2. The van der Waals surface area contributed by atoms with Gasteiger partial charge in [0.1, 0.15) is 11.6 Å². The van der Waals surface area contributed by atoms with E-state index in [0.717, 1.165) is 28.9 Å². The molecule has 4 saturated carbocycles. The fourth-order valence-corrected chi connectivity index (χ4v) is 7.24. The first-order valence-corrected chi connectivity index (χ1v) is 12.8. The van der Waals surface area contributed by atoms with E-state index >= 15 is 0 Å². The molecule has 1 unspecified atom stereocenters. The van der Waals surface area contributed by atoms with Gasteiger partial charge in [-0.15, -0.1) is 0 Å². The standard InChI is InChI=1S/C30H35N3O/c1-22(30-15-25-12-26(16-30)14-27(13-25)17-30)32-29(34)28(18-31)21-33(19-23-8-4-2-5-9-23)20-24-10-6-3-7-11-24/h2-11,21-22,25-27H,12-17,19-20H2,1H3,(H,32,34)/b28-21-. The summed E-state index contributed by atoms with van der Waals surface area (Å²) in [6.07, 6.45) is 9.62. The number of carbonyl (C=O) groups is 1. The first kappa shape index (κ1) is 22.7. The molecule has 1 amide bonds. The Morgan fingerprint density at radius 2 is 1.44 bits per heavy atom. The second kappa shape index (κ2) is 9.66. The van der Waals surface area contributed by atoms with E-state index < -0.39 is 0 Å². The van der Waals surface area contributed by atoms with E-state index in [2.05, 4.69) is 47.5 Å². The molecule has 4 bridgehead atoms. The summed E-state index contributed by atoms with van der Waals surface area (Å²) < 4.78 is 0. The number of nitriles is 1. The van der Waals surface area contributed by atoms with Gasteiger partial charge in [0.15, 0.2) is 0 Å². The van der Waals surface area contributed by atoms with Gasteiger partial charge in [-0.05, 0) is 79.7 Å². The number of benzene rings is 2. The zero-order valence-corrected chi connectivity index (χ0v) is 20.1. The summed E-state index contributed by atoms with van der Waals surface area (Å²) in [7, 11) is 0. The monoisotopic (exact) mass is 453 g/mol. The van der Waals surface area contributed by atoms with E-state index in [9.17, 15) is 10.1 Å². The lowest BCUT2D eigenvalue weighted by Gasteiger charge is -2.59. The van der Waals surface area contributed by atoms with Crippen LogP contribution >= 0.6 is 0 Å². The van der Waals surface area contributed by atoms with Crippen molar-refractivity contribution in [3.63, 3.8) is 0 Å². The maximum atomic E-state index is 13.3. The maximum absolute atomic E-state index is 13.3. The van der Waals surface area contributed by atoms with Crippen LogP contribution in [0.4, 0.5) is 0 Å². The molecule has 0 heterocycles. The molecule has 4 nitrogen and oxygen atoms in total. The van der Waals surface area contributed by atoms with Gasteiger partial charge in [-0.2, -0.15) is 5.26 Å². The summed E-state index contributed by atoms with van der Waals surface area (Å²) in [6.45, 7) is 3.45. The van der Waals surface area contributed by atoms with Gasteiger partial charge >= 0.3 is 0 Å². The van der Waals surface area contributed by atoms with Crippen molar-refractivity contribution in [2.75, 3.05) is 0 Å². The van der Waals surface area contributed by atoms with Gasteiger partial charge < -0.3 is 10.2 Å². The molecule has 4 aliphatic carbocycles. The maximum Gasteiger partial charge on any atom is 0.263 e. The minimum Gasteiger partial charge on any atom is -0.367 e. The Hall–Kier alpha value is -3.06. The Labute approximate surface area is 203 Å². The third-order valence-electron chi connectivity index (χ3n) is 8.49. The molecule has 1 atom stereocenters. The molecule has 34 heavy (non-hydrogen) atoms. The Balaban J connectivity index is 1.32. The quantitative estimate of drug-likeness (QED) is 0.405. The van der Waals surface area contributed by atoms with Crippen molar-refractivity contribution >= 4 is 5.91 Å². The highest BCUT2D eigenvalue weighted by Gasteiger charge is 2.53. The third kappa shape index (κ3) is 4.89. The van der Waals surface area contributed by atoms with E-state index in [0.29, 0.717) is 13.1 Å². The largest absolute Gasteiger partial charge is 0.367 e. The van der Waals surface area contributed by atoms with Crippen molar-refractivity contribution in [2.45, 2.75) is 64.6 Å². The first-order valence-electron chi connectivity index (χ1n) is 12.8. The average molecular weight is 454 g/mol. The Morgan fingerprint density at radius 3 is 1.88 bits per heavy atom. The first-order chi connectivity index (χ1) is 16.5. The smallest absolute Gasteiger partial charge is 0.263 e. The summed E-state index contributed by atoms with van der Waals surface area (Å²) in [5.41, 5.74) is 2.70.